The van der Waals surface area contributed by atoms with Crippen molar-refractivity contribution in [2.75, 3.05) is 11.1 Å². The first kappa shape index (κ1) is 9.26. The van der Waals surface area contributed by atoms with E-state index in [4.69, 9.17) is 10.8 Å². The molecule has 0 aliphatic heterocycles. The minimum absolute atomic E-state index is 0.0650. The van der Waals surface area contributed by atoms with Crippen molar-refractivity contribution in [3.63, 3.8) is 0 Å². The molecule has 0 aliphatic rings. The van der Waals surface area contributed by atoms with Gasteiger partial charge in [-0.3, -0.25) is 9.59 Å². The van der Waals surface area contributed by atoms with E-state index in [0.717, 1.165) is 0 Å². The predicted octanol–water partition coefficient (Wildman–Crippen LogP) is 0.314. The summed E-state index contributed by atoms with van der Waals surface area (Å²) >= 11 is 0. The minimum Gasteiger partial charge on any atom is -0.502 e. The van der Waals surface area contributed by atoms with Gasteiger partial charge in [0.05, 0.1) is 0 Å². The van der Waals surface area contributed by atoms with Crippen molar-refractivity contribution in [2.24, 2.45) is 0 Å². The molecule has 0 fully saturated rings. The molecule has 0 aromatic heterocycles. The van der Waals surface area contributed by atoms with Gasteiger partial charge in [0.2, 0.25) is 0 Å². The number of benzene rings is 1. The van der Waals surface area contributed by atoms with Crippen LogP contribution < -0.4 is 21.9 Å². The molecule has 5 heteroatoms. The summed E-state index contributed by atoms with van der Waals surface area (Å²) in [7, 11) is 0. The molecule has 2 aromatic carbocycles. The SMILES string of the molecule is Nc1ccc(Nc2c(O)c(=O)c2=O)cc1. The number of aromatic hydroxyl groups is 1. The Labute approximate surface area is 84.5 Å². The van der Waals surface area contributed by atoms with Gasteiger partial charge in [-0.15, -0.1) is 0 Å². The maximum atomic E-state index is 11.0. The second kappa shape index (κ2) is 3.13. The van der Waals surface area contributed by atoms with E-state index in [1.54, 1.807) is 24.3 Å². The monoisotopic (exact) mass is 204 g/mol. The molecule has 0 saturated carbocycles. The lowest BCUT2D eigenvalue weighted by molar-refractivity contribution is 0.466. The molecular weight excluding hydrogens is 196 g/mol. The van der Waals surface area contributed by atoms with E-state index in [1.165, 1.54) is 0 Å². The zero-order chi connectivity index (χ0) is 11.0. The summed E-state index contributed by atoms with van der Waals surface area (Å²) < 4.78 is 0. The third-order valence-corrected chi connectivity index (χ3v) is 2.07. The summed E-state index contributed by atoms with van der Waals surface area (Å²) in [5.41, 5.74) is 5.03. The number of nitrogens with two attached hydrogens (primary N) is 1. The Morgan fingerprint density at radius 2 is 1.67 bits per heavy atom. The Kier molecular flexibility index (Phi) is 1.93. The van der Waals surface area contributed by atoms with E-state index < -0.39 is 16.6 Å². The van der Waals surface area contributed by atoms with Gasteiger partial charge in [0.1, 0.15) is 5.69 Å². The number of hydrogen-bond donors (Lipinski definition) is 3. The molecule has 0 bridgehead atoms. The highest BCUT2D eigenvalue weighted by molar-refractivity contribution is 5.69. The minimum atomic E-state index is -0.854. The summed E-state index contributed by atoms with van der Waals surface area (Å²) in [6.45, 7) is 0. The smallest absolute Gasteiger partial charge is 0.271 e. The van der Waals surface area contributed by atoms with E-state index in [1.807, 2.05) is 0 Å². The number of nitrogens with one attached hydrogen (secondary N) is 1. The van der Waals surface area contributed by atoms with E-state index in [0.29, 0.717) is 11.4 Å². The van der Waals surface area contributed by atoms with Crippen LogP contribution in [0.3, 0.4) is 0 Å². The molecule has 5 nitrogen and oxygen atoms in total. The van der Waals surface area contributed by atoms with Crippen molar-refractivity contribution in [2.45, 2.75) is 0 Å². The average Bonchev–Trinajstić information content (AvgIpc) is 2.27. The second-order valence-electron chi connectivity index (χ2n) is 3.13. The Hall–Kier alpha value is -2.30. The molecule has 2 rings (SSSR count). The topological polar surface area (TPSA) is 92.4 Å². The fourth-order valence-electron chi connectivity index (χ4n) is 1.21. The van der Waals surface area contributed by atoms with Crippen LogP contribution in [0.25, 0.3) is 0 Å². The lowest BCUT2D eigenvalue weighted by atomic mass is 10.2. The summed E-state index contributed by atoms with van der Waals surface area (Å²) in [4.78, 5) is 21.7. The van der Waals surface area contributed by atoms with E-state index in [2.05, 4.69) is 5.32 Å². The lowest BCUT2D eigenvalue weighted by Crippen LogP contribution is -2.32. The van der Waals surface area contributed by atoms with Gasteiger partial charge in [0, 0.05) is 11.4 Å². The third-order valence-electron chi connectivity index (χ3n) is 2.07. The van der Waals surface area contributed by atoms with Crippen molar-refractivity contribution in [1.29, 1.82) is 0 Å². The first-order chi connectivity index (χ1) is 7.09. The van der Waals surface area contributed by atoms with Crippen LogP contribution >= 0.6 is 0 Å². The summed E-state index contributed by atoms with van der Waals surface area (Å²) in [6.07, 6.45) is 0. The Bertz CT molecular complexity index is 565. The van der Waals surface area contributed by atoms with Crippen LogP contribution in [0.15, 0.2) is 33.9 Å². The van der Waals surface area contributed by atoms with Crippen LogP contribution in [0.1, 0.15) is 0 Å². The zero-order valence-electron chi connectivity index (χ0n) is 7.65. The zero-order valence-corrected chi connectivity index (χ0v) is 7.65. The van der Waals surface area contributed by atoms with Crippen LogP contribution in [0, 0.1) is 0 Å². The van der Waals surface area contributed by atoms with Crippen molar-refractivity contribution in [1.82, 2.24) is 0 Å². The van der Waals surface area contributed by atoms with Crippen molar-refractivity contribution >= 4 is 17.1 Å². The average molecular weight is 204 g/mol. The molecule has 4 N–H and O–H groups in total. The van der Waals surface area contributed by atoms with Gasteiger partial charge in [0.25, 0.3) is 10.9 Å². The molecule has 2 aromatic rings. The molecule has 15 heavy (non-hydrogen) atoms. The number of hydrogen-bond acceptors (Lipinski definition) is 5. The quantitative estimate of drug-likeness (QED) is 0.483. The molecule has 0 radical (unpaired) electrons. The van der Waals surface area contributed by atoms with Gasteiger partial charge in [0.15, 0.2) is 5.75 Å². The summed E-state index contributed by atoms with van der Waals surface area (Å²) in [5, 5.41) is 11.7. The fraction of sp³-hybridized carbons (Fsp3) is 0. The first-order valence-corrected chi connectivity index (χ1v) is 4.24. The first-order valence-electron chi connectivity index (χ1n) is 4.24. The Balaban J connectivity index is 2.28. The maximum absolute atomic E-state index is 11.0. The van der Waals surface area contributed by atoms with Gasteiger partial charge >= 0.3 is 0 Å². The maximum Gasteiger partial charge on any atom is 0.271 e. The lowest BCUT2D eigenvalue weighted by Gasteiger charge is -2.08. The predicted molar refractivity (Wildman–Crippen MR) is 57.2 cm³/mol. The van der Waals surface area contributed by atoms with E-state index in [9.17, 15) is 9.59 Å². The second-order valence-corrected chi connectivity index (χ2v) is 3.13. The van der Waals surface area contributed by atoms with Crippen LogP contribution in [-0.4, -0.2) is 5.11 Å². The molecular formula is C10H8N2O3. The van der Waals surface area contributed by atoms with Gasteiger partial charge < -0.3 is 16.2 Å². The van der Waals surface area contributed by atoms with Gasteiger partial charge in [-0.05, 0) is 24.3 Å². The normalized spacial score (nSPS) is 10.4. The summed E-state index contributed by atoms with van der Waals surface area (Å²) in [5.74, 6) is -0.517. The van der Waals surface area contributed by atoms with Gasteiger partial charge in [-0.25, -0.2) is 0 Å². The number of rotatable bonds is 2. The van der Waals surface area contributed by atoms with Crippen molar-refractivity contribution < 1.29 is 5.11 Å². The molecule has 0 atom stereocenters. The molecule has 0 unspecified atom stereocenters. The Morgan fingerprint density at radius 1 is 1.07 bits per heavy atom. The highest BCUT2D eigenvalue weighted by Gasteiger charge is 2.19. The molecule has 0 heterocycles. The van der Waals surface area contributed by atoms with E-state index >= 15 is 0 Å². The van der Waals surface area contributed by atoms with Crippen LogP contribution in [-0.2, 0) is 0 Å². The van der Waals surface area contributed by atoms with Crippen molar-refractivity contribution in [3.05, 3.63) is 44.7 Å². The van der Waals surface area contributed by atoms with Gasteiger partial charge in [-0.2, -0.15) is 0 Å². The summed E-state index contributed by atoms with van der Waals surface area (Å²) in [6, 6.07) is 6.58. The molecule has 0 spiro atoms. The highest BCUT2D eigenvalue weighted by atomic mass is 16.3. The van der Waals surface area contributed by atoms with Crippen LogP contribution in [0.4, 0.5) is 17.1 Å². The van der Waals surface area contributed by atoms with Crippen LogP contribution in [0.5, 0.6) is 5.75 Å². The van der Waals surface area contributed by atoms with E-state index in [-0.39, 0.29) is 5.69 Å². The molecule has 76 valence electrons. The van der Waals surface area contributed by atoms with Crippen LogP contribution in [0.2, 0.25) is 0 Å². The Morgan fingerprint density at radius 3 is 2.20 bits per heavy atom. The standard InChI is InChI=1S/C10H8N2O3/c11-5-1-3-6(4-2-5)12-7-8(13)10(15)9(7)14/h1-4,12-13H,11H2. The van der Waals surface area contributed by atoms with Gasteiger partial charge in [-0.1, -0.05) is 0 Å². The molecule has 0 aliphatic carbocycles. The fourth-order valence-corrected chi connectivity index (χ4v) is 1.21. The third kappa shape index (κ3) is 1.43. The molecule has 0 saturated heterocycles. The number of nitrogen functional groups attached to an aromatic ring is 1. The molecule has 0 amide bonds. The largest absolute Gasteiger partial charge is 0.502 e. The number of anilines is 3. The highest BCUT2D eigenvalue weighted by Crippen LogP contribution is 2.21. The van der Waals surface area contributed by atoms with Crippen molar-refractivity contribution in [3.8, 4) is 5.75 Å².